The van der Waals surface area contributed by atoms with Crippen LogP contribution in [0.15, 0.2) is 29.4 Å². The zero-order valence-electron chi connectivity index (χ0n) is 6.75. The van der Waals surface area contributed by atoms with Crippen molar-refractivity contribution in [1.29, 1.82) is 0 Å². The van der Waals surface area contributed by atoms with Crippen LogP contribution in [-0.4, -0.2) is 16.9 Å². The molecule has 60 valence electrons. The second-order valence-corrected chi connectivity index (χ2v) is 2.56. The molecule has 0 aromatic heterocycles. The fourth-order valence-corrected chi connectivity index (χ4v) is 1.37. The largest absolute Gasteiger partial charge is 0.388 e. The number of aliphatic imine (C=N–C) groups is 1. The molecule has 1 unspecified atom stereocenters. The number of hydrogen-bond acceptors (Lipinski definition) is 2. The van der Waals surface area contributed by atoms with Crippen molar-refractivity contribution in [2.45, 2.75) is 25.9 Å². The van der Waals surface area contributed by atoms with E-state index in [0.29, 0.717) is 0 Å². The van der Waals surface area contributed by atoms with Crippen molar-refractivity contribution < 1.29 is 5.11 Å². The van der Waals surface area contributed by atoms with Gasteiger partial charge in [-0.1, -0.05) is 12.7 Å². The van der Waals surface area contributed by atoms with E-state index in [4.69, 9.17) is 0 Å². The van der Waals surface area contributed by atoms with Gasteiger partial charge < -0.3 is 5.11 Å². The molecule has 0 aliphatic heterocycles. The molecule has 0 spiro atoms. The van der Waals surface area contributed by atoms with Crippen LogP contribution in [0, 0.1) is 0 Å². The maximum atomic E-state index is 9.40. The van der Waals surface area contributed by atoms with Gasteiger partial charge in [-0.25, -0.2) is 0 Å². The van der Waals surface area contributed by atoms with Crippen LogP contribution in [0.2, 0.25) is 0 Å². The number of aliphatic hydroxyl groups excluding tert-OH is 1. The summed E-state index contributed by atoms with van der Waals surface area (Å²) in [6, 6.07) is 0. The Labute approximate surface area is 67.0 Å². The summed E-state index contributed by atoms with van der Waals surface area (Å²) in [7, 11) is 0. The zero-order chi connectivity index (χ0) is 8.27. The minimum atomic E-state index is -0.307. The smallest absolute Gasteiger partial charge is 0.0808 e. The van der Waals surface area contributed by atoms with E-state index in [1.807, 2.05) is 13.0 Å². The summed E-state index contributed by atoms with van der Waals surface area (Å²) in [5.74, 6) is 0. The molecule has 0 radical (unpaired) electrons. The van der Waals surface area contributed by atoms with Gasteiger partial charge in [-0.05, 0) is 25.3 Å². The third-order valence-corrected chi connectivity index (χ3v) is 1.90. The van der Waals surface area contributed by atoms with Gasteiger partial charge in [-0.2, -0.15) is 0 Å². The molecular weight excluding hydrogens is 138 g/mol. The summed E-state index contributed by atoms with van der Waals surface area (Å²) in [6.45, 7) is 5.44. The standard InChI is InChI=1S/C9H13NO/c1-3-7-8(10-4-2)5-6-9(7)11/h3-4,9,11H,2,5-6H2,1H3/b7-3+,10-8?. The van der Waals surface area contributed by atoms with Gasteiger partial charge in [0.15, 0.2) is 0 Å². The van der Waals surface area contributed by atoms with Gasteiger partial charge in [0.2, 0.25) is 0 Å². The van der Waals surface area contributed by atoms with Crippen molar-refractivity contribution in [1.82, 2.24) is 0 Å². The van der Waals surface area contributed by atoms with Crippen LogP contribution in [0.3, 0.4) is 0 Å². The van der Waals surface area contributed by atoms with Crippen molar-refractivity contribution in [3.05, 3.63) is 24.4 Å². The molecule has 0 aromatic rings. The SMILES string of the molecule is C=CN=C1CCC(O)/C1=C/C. The lowest BCUT2D eigenvalue weighted by atomic mass is 10.2. The first-order valence-electron chi connectivity index (χ1n) is 3.81. The Hall–Kier alpha value is -0.890. The van der Waals surface area contributed by atoms with E-state index in [1.54, 1.807) is 0 Å². The van der Waals surface area contributed by atoms with Crippen LogP contribution < -0.4 is 0 Å². The lowest BCUT2D eigenvalue weighted by molar-refractivity contribution is 0.218. The van der Waals surface area contributed by atoms with Gasteiger partial charge in [-0.3, -0.25) is 4.99 Å². The topological polar surface area (TPSA) is 32.6 Å². The van der Waals surface area contributed by atoms with Gasteiger partial charge in [0, 0.05) is 11.9 Å². The molecule has 1 fully saturated rings. The first-order valence-corrected chi connectivity index (χ1v) is 3.81. The third-order valence-electron chi connectivity index (χ3n) is 1.90. The highest BCUT2D eigenvalue weighted by atomic mass is 16.3. The van der Waals surface area contributed by atoms with Gasteiger partial charge in [0.05, 0.1) is 6.10 Å². The van der Waals surface area contributed by atoms with Crippen LogP contribution in [0.25, 0.3) is 0 Å². The van der Waals surface area contributed by atoms with Crippen molar-refractivity contribution in [2.24, 2.45) is 4.99 Å². The van der Waals surface area contributed by atoms with Crippen LogP contribution >= 0.6 is 0 Å². The van der Waals surface area contributed by atoms with E-state index in [0.717, 1.165) is 24.1 Å². The average molecular weight is 151 g/mol. The third kappa shape index (κ3) is 1.57. The number of rotatable bonds is 1. The molecule has 0 amide bonds. The first-order chi connectivity index (χ1) is 5.29. The van der Waals surface area contributed by atoms with Gasteiger partial charge in [-0.15, -0.1) is 0 Å². The first kappa shape index (κ1) is 8.21. The molecule has 1 atom stereocenters. The summed E-state index contributed by atoms with van der Waals surface area (Å²) in [5.41, 5.74) is 1.94. The number of hydrogen-bond donors (Lipinski definition) is 1. The fraction of sp³-hybridized carbons (Fsp3) is 0.444. The Morgan fingerprint density at radius 1 is 1.73 bits per heavy atom. The summed E-state index contributed by atoms with van der Waals surface area (Å²) < 4.78 is 0. The fourth-order valence-electron chi connectivity index (χ4n) is 1.37. The summed E-state index contributed by atoms with van der Waals surface area (Å²) in [6.07, 6.45) is 4.80. The monoisotopic (exact) mass is 151 g/mol. The van der Waals surface area contributed by atoms with E-state index in [2.05, 4.69) is 11.6 Å². The number of allylic oxidation sites excluding steroid dienone is 1. The molecule has 1 rings (SSSR count). The lowest BCUT2D eigenvalue weighted by Gasteiger charge is -2.01. The average Bonchev–Trinajstić information content (AvgIpc) is 2.33. The molecule has 1 saturated carbocycles. The molecule has 0 bridgehead atoms. The molecule has 2 nitrogen and oxygen atoms in total. The van der Waals surface area contributed by atoms with E-state index in [-0.39, 0.29) is 6.10 Å². The molecule has 1 aliphatic rings. The highest BCUT2D eigenvalue weighted by Gasteiger charge is 2.23. The molecule has 0 saturated heterocycles. The Morgan fingerprint density at radius 2 is 2.45 bits per heavy atom. The van der Waals surface area contributed by atoms with Gasteiger partial charge >= 0.3 is 0 Å². The van der Waals surface area contributed by atoms with Crippen molar-refractivity contribution in [3.63, 3.8) is 0 Å². The van der Waals surface area contributed by atoms with Crippen molar-refractivity contribution in [2.75, 3.05) is 0 Å². The van der Waals surface area contributed by atoms with Crippen LogP contribution in [-0.2, 0) is 0 Å². The van der Waals surface area contributed by atoms with E-state index in [1.165, 1.54) is 6.20 Å². The molecule has 1 aliphatic carbocycles. The summed E-state index contributed by atoms with van der Waals surface area (Å²) >= 11 is 0. The molecule has 0 aromatic carbocycles. The van der Waals surface area contributed by atoms with E-state index in [9.17, 15) is 5.11 Å². The second-order valence-electron chi connectivity index (χ2n) is 2.56. The molecule has 0 heterocycles. The summed E-state index contributed by atoms with van der Waals surface area (Å²) in [4.78, 5) is 4.08. The quantitative estimate of drug-likeness (QED) is 0.607. The second kappa shape index (κ2) is 3.49. The number of aliphatic hydroxyl groups is 1. The lowest BCUT2D eigenvalue weighted by Crippen LogP contribution is -2.05. The van der Waals surface area contributed by atoms with Gasteiger partial charge in [0.25, 0.3) is 0 Å². The molecular formula is C9H13NO. The van der Waals surface area contributed by atoms with Gasteiger partial charge in [0.1, 0.15) is 0 Å². The van der Waals surface area contributed by atoms with Crippen LogP contribution in [0.1, 0.15) is 19.8 Å². The molecule has 2 heteroatoms. The maximum Gasteiger partial charge on any atom is 0.0808 e. The maximum absolute atomic E-state index is 9.40. The Morgan fingerprint density at radius 3 is 3.00 bits per heavy atom. The zero-order valence-corrected chi connectivity index (χ0v) is 6.75. The predicted octanol–water partition coefficient (Wildman–Crippen LogP) is 1.67. The highest BCUT2D eigenvalue weighted by Crippen LogP contribution is 2.22. The van der Waals surface area contributed by atoms with Crippen molar-refractivity contribution in [3.8, 4) is 0 Å². The highest BCUT2D eigenvalue weighted by molar-refractivity contribution is 6.03. The Kier molecular flexibility index (Phi) is 2.60. The Balaban J connectivity index is 2.86. The predicted molar refractivity (Wildman–Crippen MR) is 46.6 cm³/mol. The minimum Gasteiger partial charge on any atom is -0.388 e. The van der Waals surface area contributed by atoms with Crippen LogP contribution in [0.4, 0.5) is 0 Å². The molecule has 1 N–H and O–H groups in total. The van der Waals surface area contributed by atoms with E-state index < -0.39 is 0 Å². The minimum absolute atomic E-state index is 0.307. The van der Waals surface area contributed by atoms with Crippen molar-refractivity contribution >= 4 is 5.71 Å². The van der Waals surface area contributed by atoms with E-state index >= 15 is 0 Å². The van der Waals surface area contributed by atoms with Crippen LogP contribution in [0.5, 0.6) is 0 Å². The normalized spacial score (nSPS) is 31.6. The summed E-state index contributed by atoms with van der Waals surface area (Å²) in [5, 5.41) is 9.40. The Bertz CT molecular complexity index is 216. The number of nitrogens with zero attached hydrogens (tertiary/aromatic N) is 1. The molecule has 11 heavy (non-hydrogen) atoms.